The van der Waals surface area contributed by atoms with Gasteiger partial charge in [0.25, 0.3) is 0 Å². The lowest BCUT2D eigenvalue weighted by Crippen LogP contribution is -2.45. The molecule has 0 amide bonds. The number of rotatable bonds is 6. The van der Waals surface area contributed by atoms with Gasteiger partial charge in [0.05, 0.1) is 12.4 Å². The summed E-state index contributed by atoms with van der Waals surface area (Å²) in [6, 6.07) is 8.08. The van der Waals surface area contributed by atoms with Gasteiger partial charge in [0.1, 0.15) is 6.61 Å². The van der Waals surface area contributed by atoms with E-state index in [-0.39, 0.29) is 31.1 Å². The molecule has 2 fully saturated rings. The second-order valence-corrected chi connectivity index (χ2v) is 7.19. The zero-order valence-electron chi connectivity index (χ0n) is 14.5. The van der Waals surface area contributed by atoms with Crippen LogP contribution in [0.3, 0.4) is 0 Å². The molecule has 0 unspecified atom stereocenters. The Bertz CT molecular complexity index is 655. The molecule has 2 aliphatic rings. The summed E-state index contributed by atoms with van der Waals surface area (Å²) in [5, 5.41) is 18.6. The fourth-order valence-electron chi connectivity index (χ4n) is 4.01. The van der Waals surface area contributed by atoms with E-state index in [1.165, 1.54) is 6.34 Å². The van der Waals surface area contributed by atoms with Crippen molar-refractivity contribution in [3.05, 3.63) is 35.9 Å². The van der Waals surface area contributed by atoms with Crippen molar-refractivity contribution >= 4 is 12.3 Å². The molecule has 1 heterocycles. The maximum atomic E-state index is 13.7. The van der Waals surface area contributed by atoms with Crippen molar-refractivity contribution < 1.29 is 23.4 Å². The van der Waals surface area contributed by atoms with Crippen molar-refractivity contribution in [1.82, 2.24) is 4.90 Å². The SMILES string of the molecule is N=CN1CCC[C@@H]1COC(=O)[C@](O)(c1ccccc1)[C@@H]1CCC(F)(F)C1. The first-order chi connectivity index (χ1) is 12.4. The molecular formula is C19H24F2N2O3. The van der Waals surface area contributed by atoms with Crippen molar-refractivity contribution in [3.8, 4) is 0 Å². The molecule has 0 bridgehead atoms. The Morgan fingerprint density at radius 2 is 2.12 bits per heavy atom. The van der Waals surface area contributed by atoms with Gasteiger partial charge in [-0.05, 0) is 24.8 Å². The maximum absolute atomic E-state index is 13.7. The number of carbonyl (C=O) groups is 1. The fourth-order valence-corrected chi connectivity index (χ4v) is 4.01. The summed E-state index contributed by atoms with van der Waals surface area (Å²) in [6.45, 7) is 0.760. The first-order valence-corrected chi connectivity index (χ1v) is 8.96. The molecule has 0 radical (unpaired) electrons. The van der Waals surface area contributed by atoms with Crippen LogP contribution in [0.5, 0.6) is 0 Å². The largest absolute Gasteiger partial charge is 0.461 e. The van der Waals surface area contributed by atoms with E-state index < -0.39 is 29.8 Å². The monoisotopic (exact) mass is 366 g/mol. The average molecular weight is 366 g/mol. The summed E-state index contributed by atoms with van der Waals surface area (Å²) in [6.07, 6.45) is 2.08. The Morgan fingerprint density at radius 3 is 2.73 bits per heavy atom. The lowest BCUT2D eigenvalue weighted by molar-refractivity contribution is -0.176. The zero-order valence-corrected chi connectivity index (χ0v) is 14.5. The van der Waals surface area contributed by atoms with Gasteiger partial charge < -0.3 is 14.7 Å². The summed E-state index contributed by atoms with van der Waals surface area (Å²) in [7, 11) is 0. The van der Waals surface area contributed by atoms with Gasteiger partial charge in [-0.15, -0.1) is 0 Å². The average Bonchev–Trinajstić information content (AvgIpc) is 3.25. The van der Waals surface area contributed by atoms with Gasteiger partial charge in [-0.2, -0.15) is 0 Å². The number of likely N-dealkylation sites (tertiary alicyclic amines) is 1. The minimum atomic E-state index is -2.88. The highest BCUT2D eigenvalue weighted by molar-refractivity contribution is 5.81. The number of hydrogen-bond acceptors (Lipinski definition) is 4. The lowest BCUT2D eigenvalue weighted by atomic mass is 9.80. The predicted molar refractivity (Wildman–Crippen MR) is 92.1 cm³/mol. The summed E-state index contributed by atoms with van der Waals surface area (Å²) in [5.41, 5.74) is -1.81. The number of nitrogens with one attached hydrogen (secondary N) is 1. The van der Waals surface area contributed by atoms with Gasteiger partial charge in [0.15, 0.2) is 5.60 Å². The number of esters is 1. The quantitative estimate of drug-likeness (QED) is 0.461. The third-order valence-corrected chi connectivity index (χ3v) is 5.51. The van der Waals surface area contributed by atoms with E-state index in [0.29, 0.717) is 0 Å². The molecule has 2 N–H and O–H groups in total. The zero-order chi connectivity index (χ0) is 18.8. The third-order valence-electron chi connectivity index (χ3n) is 5.51. The smallest absolute Gasteiger partial charge is 0.343 e. The standard InChI is InChI=1S/C19H24F2N2O3/c20-18(21)9-8-15(11-18)19(25,14-5-2-1-3-6-14)17(24)26-12-16-7-4-10-23(16)13-22/h1-3,5-6,13,15-16,22,25H,4,7-12H2/t15-,16-,19+/m1/s1. The molecule has 1 aromatic rings. The van der Waals surface area contributed by atoms with Crippen LogP contribution >= 0.6 is 0 Å². The van der Waals surface area contributed by atoms with Crippen LogP contribution < -0.4 is 0 Å². The highest BCUT2D eigenvalue weighted by Crippen LogP contribution is 2.47. The number of halogens is 2. The van der Waals surface area contributed by atoms with Crippen LogP contribution in [0.1, 0.15) is 37.7 Å². The van der Waals surface area contributed by atoms with Crippen LogP contribution in [0.4, 0.5) is 8.78 Å². The Kier molecular flexibility index (Phi) is 5.27. The van der Waals surface area contributed by atoms with Crippen LogP contribution in [0, 0.1) is 11.3 Å². The molecule has 5 nitrogen and oxygen atoms in total. The Balaban J connectivity index is 1.79. The first-order valence-electron chi connectivity index (χ1n) is 8.96. The van der Waals surface area contributed by atoms with Gasteiger partial charge in [-0.25, -0.2) is 13.6 Å². The van der Waals surface area contributed by atoms with Gasteiger partial charge in [0, 0.05) is 25.3 Å². The molecule has 0 spiro atoms. The van der Waals surface area contributed by atoms with Crippen molar-refractivity contribution in [2.45, 2.75) is 49.7 Å². The van der Waals surface area contributed by atoms with Gasteiger partial charge >= 0.3 is 5.97 Å². The molecule has 1 saturated carbocycles. The number of aliphatic hydroxyl groups is 1. The molecule has 26 heavy (non-hydrogen) atoms. The van der Waals surface area contributed by atoms with Crippen LogP contribution in [0.15, 0.2) is 30.3 Å². The number of hydrogen-bond donors (Lipinski definition) is 2. The van der Waals surface area contributed by atoms with Crippen LogP contribution in [0.25, 0.3) is 0 Å². The number of ether oxygens (including phenoxy) is 1. The van der Waals surface area contributed by atoms with Crippen molar-refractivity contribution in [1.29, 1.82) is 5.41 Å². The first kappa shape index (κ1) is 18.8. The number of alkyl halides is 2. The minimum Gasteiger partial charge on any atom is -0.461 e. The van der Waals surface area contributed by atoms with E-state index >= 15 is 0 Å². The fraction of sp³-hybridized carbons (Fsp3) is 0.579. The lowest BCUT2D eigenvalue weighted by Gasteiger charge is -2.33. The second-order valence-electron chi connectivity index (χ2n) is 7.19. The molecule has 3 atom stereocenters. The van der Waals surface area contributed by atoms with E-state index in [4.69, 9.17) is 10.1 Å². The van der Waals surface area contributed by atoms with Crippen molar-refractivity contribution in [3.63, 3.8) is 0 Å². The predicted octanol–water partition coefficient (Wildman–Crippen LogP) is 2.92. The maximum Gasteiger partial charge on any atom is 0.343 e. The topological polar surface area (TPSA) is 73.6 Å². The summed E-state index contributed by atoms with van der Waals surface area (Å²) >= 11 is 0. The molecule has 7 heteroatoms. The van der Waals surface area contributed by atoms with E-state index in [0.717, 1.165) is 19.4 Å². The van der Waals surface area contributed by atoms with Gasteiger partial charge in [-0.1, -0.05) is 30.3 Å². The van der Waals surface area contributed by atoms with Crippen LogP contribution in [-0.2, 0) is 15.1 Å². The number of nitrogens with zero attached hydrogens (tertiary/aromatic N) is 1. The summed E-state index contributed by atoms with van der Waals surface area (Å²) in [5.74, 6) is -4.66. The Labute approximate surface area is 151 Å². The van der Waals surface area contributed by atoms with Crippen LogP contribution in [-0.4, -0.2) is 47.4 Å². The van der Waals surface area contributed by atoms with E-state index in [1.807, 2.05) is 0 Å². The van der Waals surface area contributed by atoms with Crippen molar-refractivity contribution in [2.24, 2.45) is 5.92 Å². The molecule has 142 valence electrons. The Hall–Kier alpha value is -2.02. The van der Waals surface area contributed by atoms with Gasteiger partial charge in [0.2, 0.25) is 5.92 Å². The molecule has 0 aromatic heterocycles. The normalized spacial score (nSPS) is 27.1. The van der Waals surface area contributed by atoms with Gasteiger partial charge in [-0.3, -0.25) is 5.41 Å². The van der Waals surface area contributed by atoms with E-state index in [9.17, 15) is 18.7 Å². The third kappa shape index (κ3) is 3.58. The highest BCUT2D eigenvalue weighted by Gasteiger charge is 2.54. The summed E-state index contributed by atoms with van der Waals surface area (Å²) < 4.78 is 32.9. The molecule has 1 aliphatic heterocycles. The molecule has 3 rings (SSSR count). The van der Waals surface area contributed by atoms with E-state index in [2.05, 4.69) is 0 Å². The molecular weight excluding hydrogens is 342 g/mol. The minimum absolute atomic E-state index is 0.0342. The molecule has 1 aromatic carbocycles. The van der Waals surface area contributed by atoms with E-state index in [1.54, 1.807) is 35.2 Å². The molecule has 1 saturated heterocycles. The Morgan fingerprint density at radius 1 is 1.38 bits per heavy atom. The molecule has 1 aliphatic carbocycles. The number of benzene rings is 1. The van der Waals surface area contributed by atoms with Crippen LogP contribution in [0.2, 0.25) is 0 Å². The summed E-state index contributed by atoms with van der Waals surface area (Å²) in [4.78, 5) is 14.6. The van der Waals surface area contributed by atoms with Crippen molar-refractivity contribution in [2.75, 3.05) is 13.2 Å². The number of carbonyl (C=O) groups excluding carboxylic acids is 1. The highest BCUT2D eigenvalue weighted by atomic mass is 19.3. The second kappa shape index (κ2) is 7.31.